The number of nitrogens with zero attached hydrogens (tertiary/aromatic N) is 1. The standard InChI is InChI=1S/C27H31NO3/c1-3-4-17-31-21-25-18-24(15-16-26(25)30-2)27(29)28(19-22-11-7-5-8-12-22)20-23-13-9-6-10-14-23/h5-16,18H,3-4,17,19-21H2,1-2H3. The Balaban J connectivity index is 1.83. The zero-order chi connectivity index (χ0) is 21.9. The normalized spacial score (nSPS) is 10.6. The summed E-state index contributed by atoms with van der Waals surface area (Å²) in [5, 5.41) is 0. The average molecular weight is 418 g/mol. The minimum atomic E-state index is -0.00910. The van der Waals surface area contributed by atoms with Crippen molar-refractivity contribution in [2.24, 2.45) is 0 Å². The van der Waals surface area contributed by atoms with Crippen LogP contribution in [-0.4, -0.2) is 24.5 Å². The minimum absolute atomic E-state index is 0.00910. The molecule has 0 aliphatic carbocycles. The summed E-state index contributed by atoms with van der Waals surface area (Å²) in [7, 11) is 1.64. The number of hydrogen-bond donors (Lipinski definition) is 0. The van der Waals surface area contributed by atoms with Gasteiger partial charge in [-0.25, -0.2) is 0 Å². The first kappa shape index (κ1) is 22.6. The summed E-state index contributed by atoms with van der Waals surface area (Å²) >= 11 is 0. The van der Waals surface area contributed by atoms with E-state index in [0.717, 1.165) is 35.3 Å². The van der Waals surface area contributed by atoms with Gasteiger partial charge in [0.1, 0.15) is 5.75 Å². The average Bonchev–Trinajstić information content (AvgIpc) is 2.82. The lowest BCUT2D eigenvalue weighted by atomic mass is 10.1. The SMILES string of the molecule is CCCCOCc1cc(C(=O)N(Cc2ccccc2)Cc2ccccc2)ccc1OC. The van der Waals surface area contributed by atoms with E-state index in [1.54, 1.807) is 7.11 Å². The number of ether oxygens (including phenoxy) is 2. The predicted octanol–water partition coefficient (Wildman–Crippen LogP) is 5.85. The van der Waals surface area contributed by atoms with Crippen LogP contribution in [0.5, 0.6) is 5.75 Å². The van der Waals surface area contributed by atoms with Crippen molar-refractivity contribution in [2.45, 2.75) is 39.5 Å². The van der Waals surface area contributed by atoms with E-state index >= 15 is 0 Å². The van der Waals surface area contributed by atoms with Crippen LogP contribution in [0.25, 0.3) is 0 Å². The van der Waals surface area contributed by atoms with E-state index in [4.69, 9.17) is 9.47 Å². The van der Waals surface area contributed by atoms with Gasteiger partial charge in [-0.3, -0.25) is 4.79 Å². The van der Waals surface area contributed by atoms with Crippen LogP contribution in [0.3, 0.4) is 0 Å². The van der Waals surface area contributed by atoms with Crippen molar-refractivity contribution >= 4 is 5.91 Å². The number of rotatable bonds is 11. The summed E-state index contributed by atoms with van der Waals surface area (Å²) in [4.78, 5) is 15.4. The molecule has 0 N–H and O–H groups in total. The molecule has 4 nitrogen and oxygen atoms in total. The molecule has 0 fully saturated rings. The molecule has 0 saturated carbocycles. The lowest BCUT2D eigenvalue weighted by Crippen LogP contribution is -2.30. The molecule has 0 aliphatic rings. The number of carbonyl (C=O) groups excluding carboxylic acids is 1. The maximum atomic E-state index is 13.5. The molecule has 1 amide bonds. The minimum Gasteiger partial charge on any atom is -0.496 e. The second-order valence-electron chi connectivity index (χ2n) is 7.57. The van der Waals surface area contributed by atoms with Crippen molar-refractivity contribution in [2.75, 3.05) is 13.7 Å². The fraction of sp³-hybridized carbons (Fsp3) is 0.296. The fourth-order valence-electron chi connectivity index (χ4n) is 3.44. The molecule has 3 rings (SSSR count). The zero-order valence-corrected chi connectivity index (χ0v) is 18.4. The largest absolute Gasteiger partial charge is 0.496 e. The van der Waals surface area contributed by atoms with Crippen molar-refractivity contribution < 1.29 is 14.3 Å². The summed E-state index contributed by atoms with van der Waals surface area (Å²) in [6.07, 6.45) is 2.10. The number of hydrogen-bond acceptors (Lipinski definition) is 3. The molecule has 31 heavy (non-hydrogen) atoms. The number of benzene rings is 3. The van der Waals surface area contributed by atoms with Crippen molar-refractivity contribution in [1.29, 1.82) is 0 Å². The monoisotopic (exact) mass is 417 g/mol. The maximum absolute atomic E-state index is 13.5. The molecule has 0 heterocycles. The summed E-state index contributed by atoms with van der Waals surface area (Å²) < 4.78 is 11.3. The second-order valence-corrected chi connectivity index (χ2v) is 7.57. The van der Waals surface area contributed by atoms with Gasteiger partial charge in [-0.05, 0) is 35.7 Å². The topological polar surface area (TPSA) is 38.8 Å². The third-order valence-electron chi connectivity index (χ3n) is 5.15. The first-order valence-electron chi connectivity index (χ1n) is 10.8. The zero-order valence-electron chi connectivity index (χ0n) is 18.4. The van der Waals surface area contributed by atoms with E-state index in [1.165, 1.54) is 0 Å². The lowest BCUT2D eigenvalue weighted by molar-refractivity contribution is 0.0729. The lowest BCUT2D eigenvalue weighted by Gasteiger charge is -2.24. The van der Waals surface area contributed by atoms with E-state index < -0.39 is 0 Å². The highest BCUT2D eigenvalue weighted by atomic mass is 16.5. The summed E-state index contributed by atoms with van der Waals surface area (Å²) in [5.41, 5.74) is 3.73. The van der Waals surface area contributed by atoms with Crippen molar-refractivity contribution in [3.8, 4) is 5.75 Å². The van der Waals surface area contributed by atoms with Gasteiger partial charge >= 0.3 is 0 Å². The Kier molecular flexibility index (Phi) is 8.68. The molecular formula is C27H31NO3. The first-order chi connectivity index (χ1) is 15.2. The summed E-state index contributed by atoms with van der Waals surface area (Å²) in [6, 6.07) is 25.8. The Labute approximate surface area is 185 Å². The molecule has 0 atom stereocenters. The number of methoxy groups -OCH3 is 1. The Morgan fingerprint density at radius 3 is 2.03 bits per heavy atom. The quantitative estimate of drug-likeness (QED) is 0.367. The summed E-state index contributed by atoms with van der Waals surface area (Å²) in [6.45, 7) is 4.36. The van der Waals surface area contributed by atoms with Gasteiger partial charge in [-0.1, -0.05) is 74.0 Å². The molecular weight excluding hydrogens is 386 g/mol. The highest BCUT2D eigenvalue weighted by Gasteiger charge is 2.18. The third kappa shape index (κ3) is 6.69. The molecule has 0 aromatic heterocycles. The molecule has 0 unspecified atom stereocenters. The van der Waals surface area contributed by atoms with Gasteiger partial charge in [0.15, 0.2) is 0 Å². The van der Waals surface area contributed by atoms with E-state index in [-0.39, 0.29) is 5.91 Å². The molecule has 162 valence electrons. The van der Waals surface area contributed by atoms with Crippen LogP contribution in [0.4, 0.5) is 0 Å². The van der Waals surface area contributed by atoms with Gasteiger partial charge in [-0.2, -0.15) is 0 Å². The Hall–Kier alpha value is -3.11. The molecule has 0 aliphatic heterocycles. The van der Waals surface area contributed by atoms with Crippen LogP contribution >= 0.6 is 0 Å². The van der Waals surface area contributed by atoms with Gasteiger partial charge in [0.05, 0.1) is 13.7 Å². The molecule has 4 heteroatoms. The van der Waals surface area contributed by atoms with Crippen LogP contribution in [-0.2, 0) is 24.4 Å². The highest BCUT2D eigenvalue weighted by Crippen LogP contribution is 2.23. The molecule has 3 aromatic rings. The predicted molar refractivity (Wildman–Crippen MR) is 124 cm³/mol. The number of amides is 1. The van der Waals surface area contributed by atoms with E-state index in [0.29, 0.717) is 31.9 Å². The molecule has 0 spiro atoms. The molecule has 0 radical (unpaired) electrons. The third-order valence-corrected chi connectivity index (χ3v) is 5.15. The van der Waals surface area contributed by atoms with E-state index in [2.05, 4.69) is 6.92 Å². The molecule has 3 aromatic carbocycles. The molecule has 0 saturated heterocycles. The van der Waals surface area contributed by atoms with Crippen molar-refractivity contribution in [3.63, 3.8) is 0 Å². The van der Waals surface area contributed by atoms with E-state index in [9.17, 15) is 4.79 Å². The van der Waals surface area contributed by atoms with Crippen molar-refractivity contribution in [3.05, 3.63) is 101 Å². The Bertz CT molecular complexity index is 900. The highest BCUT2D eigenvalue weighted by molar-refractivity contribution is 5.94. The fourth-order valence-corrected chi connectivity index (χ4v) is 3.44. The van der Waals surface area contributed by atoms with Crippen LogP contribution in [0.1, 0.15) is 46.8 Å². The van der Waals surface area contributed by atoms with Gasteiger partial charge in [0.2, 0.25) is 0 Å². The smallest absolute Gasteiger partial charge is 0.254 e. The molecule has 0 bridgehead atoms. The number of carbonyl (C=O) groups is 1. The maximum Gasteiger partial charge on any atom is 0.254 e. The first-order valence-corrected chi connectivity index (χ1v) is 10.8. The van der Waals surface area contributed by atoms with E-state index in [1.807, 2.05) is 83.8 Å². The van der Waals surface area contributed by atoms with Gasteiger partial charge in [0, 0.05) is 30.8 Å². The van der Waals surface area contributed by atoms with Crippen molar-refractivity contribution in [1.82, 2.24) is 4.90 Å². The van der Waals surface area contributed by atoms with Crippen LogP contribution in [0.2, 0.25) is 0 Å². The van der Waals surface area contributed by atoms with Gasteiger partial charge in [0.25, 0.3) is 5.91 Å². The van der Waals surface area contributed by atoms with Crippen LogP contribution in [0.15, 0.2) is 78.9 Å². The van der Waals surface area contributed by atoms with Gasteiger partial charge in [-0.15, -0.1) is 0 Å². The Morgan fingerprint density at radius 2 is 1.48 bits per heavy atom. The summed E-state index contributed by atoms with van der Waals surface area (Å²) in [5.74, 6) is 0.732. The van der Waals surface area contributed by atoms with Crippen LogP contribution in [0, 0.1) is 0 Å². The number of unbranched alkanes of at least 4 members (excludes halogenated alkanes) is 1. The van der Waals surface area contributed by atoms with Crippen LogP contribution < -0.4 is 4.74 Å². The Morgan fingerprint density at radius 1 is 0.871 bits per heavy atom. The second kappa shape index (κ2) is 11.9. The van der Waals surface area contributed by atoms with Gasteiger partial charge < -0.3 is 14.4 Å².